The Hall–Kier alpha value is -3.18. The summed E-state index contributed by atoms with van der Waals surface area (Å²) in [4.78, 5) is 12.0. The highest BCUT2D eigenvalue weighted by molar-refractivity contribution is 9.10. The van der Waals surface area contributed by atoms with Crippen LogP contribution in [0.1, 0.15) is 5.56 Å². The zero-order valence-electron chi connectivity index (χ0n) is 14.9. The third kappa shape index (κ3) is 4.05. The van der Waals surface area contributed by atoms with Gasteiger partial charge in [0.1, 0.15) is 5.75 Å². The van der Waals surface area contributed by atoms with Crippen LogP contribution >= 0.6 is 15.9 Å². The summed E-state index contributed by atoms with van der Waals surface area (Å²) in [6, 6.07) is 25.7. The molecule has 0 atom stereocenters. The average Bonchev–Trinajstić information content (AvgIpc) is 2.73. The number of halogens is 1. The molecule has 0 radical (unpaired) electrons. The Kier molecular flexibility index (Phi) is 5.35. The summed E-state index contributed by atoms with van der Waals surface area (Å²) in [5.74, 6) is 0.311. The molecule has 0 aliphatic heterocycles. The highest BCUT2D eigenvalue weighted by atomic mass is 79.9. The van der Waals surface area contributed by atoms with E-state index >= 15 is 0 Å². The number of hydrogen-bond donors (Lipinski definition) is 1. The van der Waals surface area contributed by atoms with Crippen molar-refractivity contribution in [1.82, 2.24) is 5.43 Å². The zero-order chi connectivity index (χ0) is 19.3. The molecule has 0 fully saturated rings. The number of carbonyl (C=O) groups is 1. The van der Waals surface area contributed by atoms with E-state index in [2.05, 4.69) is 56.8 Å². The van der Waals surface area contributed by atoms with E-state index in [0.717, 1.165) is 31.6 Å². The van der Waals surface area contributed by atoms with Gasteiger partial charge in [0.15, 0.2) is 6.61 Å². The lowest BCUT2D eigenvalue weighted by Gasteiger charge is -2.08. The van der Waals surface area contributed by atoms with E-state index in [9.17, 15) is 4.79 Å². The van der Waals surface area contributed by atoms with Crippen LogP contribution in [0, 0.1) is 0 Å². The summed E-state index contributed by atoms with van der Waals surface area (Å²) in [5.41, 5.74) is 3.51. The van der Waals surface area contributed by atoms with Gasteiger partial charge in [-0.05, 0) is 51.9 Å². The molecule has 0 bridgehead atoms. The molecule has 0 aromatic heterocycles. The number of carbonyl (C=O) groups excluding carboxylic acids is 1. The molecule has 0 heterocycles. The second-order valence-electron chi connectivity index (χ2n) is 6.27. The lowest BCUT2D eigenvalue weighted by Crippen LogP contribution is -2.24. The molecule has 5 heteroatoms. The number of hydrazone groups is 1. The third-order valence-electron chi connectivity index (χ3n) is 4.38. The molecule has 4 aromatic carbocycles. The molecule has 0 spiro atoms. The first-order chi connectivity index (χ1) is 13.7. The Labute approximate surface area is 171 Å². The van der Waals surface area contributed by atoms with Crippen LogP contribution in [0.4, 0.5) is 0 Å². The number of benzene rings is 4. The Morgan fingerprint density at radius 2 is 1.54 bits per heavy atom. The predicted octanol–water partition coefficient (Wildman–Crippen LogP) is 5.28. The van der Waals surface area contributed by atoms with Gasteiger partial charge in [-0.2, -0.15) is 5.10 Å². The van der Waals surface area contributed by atoms with Crippen molar-refractivity contribution in [3.8, 4) is 5.75 Å². The minimum absolute atomic E-state index is 0.102. The maximum Gasteiger partial charge on any atom is 0.277 e. The van der Waals surface area contributed by atoms with Crippen molar-refractivity contribution in [2.75, 3.05) is 6.61 Å². The van der Waals surface area contributed by atoms with E-state index < -0.39 is 0 Å². The van der Waals surface area contributed by atoms with E-state index in [4.69, 9.17) is 4.74 Å². The molecule has 0 saturated carbocycles. The van der Waals surface area contributed by atoms with Crippen molar-refractivity contribution in [2.45, 2.75) is 0 Å². The van der Waals surface area contributed by atoms with Crippen LogP contribution < -0.4 is 10.2 Å². The molecule has 0 unspecified atom stereocenters. The standard InChI is InChI=1S/C23H17BrN2O2/c24-18-9-11-19(12-10-18)28-15-23(27)26-25-14-22-20-7-3-1-5-16(20)13-17-6-2-4-8-21(17)22/h1-14H,15H2,(H,26,27)/b25-14-. The van der Waals surface area contributed by atoms with Crippen molar-refractivity contribution in [3.05, 3.63) is 88.9 Å². The first-order valence-corrected chi connectivity index (χ1v) is 9.61. The molecular weight excluding hydrogens is 416 g/mol. The molecule has 0 aliphatic carbocycles. The largest absolute Gasteiger partial charge is 0.484 e. The molecule has 28 heavy (non-hydrogen) atoms. The minimum atomic E-state index is -0.316. The quantitative estimate of drug-likeness (QED) is 0.264. The highest BCUT2D eigenvalue weighted by Gasteiger charge is 2.06. The van der Waals surface area contributed by atoms with Gasteiger partial charge in [0.2, 0.25) is 0 Å². The Bertz CT molecular complexity index is 1120. The number of ether oxygens (including phenoxy) is 1. The van der Waals surface area contributed by atoms with Gasteiger partial charge in [-0.25, -0.2) is 5.43 Å². The van der Waals surface area contributed by atoms with Crippen LogP contribution in [-0.4, -0.2) is 18.7 Å². The predicted molar refractivity (Wildman–Crippen MR) is 117 cm³/mol. The molecule has 0 aliphatic rings. The van der Waals surface area contributed by atoms with Crippen molar-refractivity contribution in [3.63, 3.8) is 0 Å². The Balaban J connectivity index is 1.51. The number of nitrogens with one attached hydrogen (secondary N) is 1. The fourth-order valence-electron chi connectivity index (χ4n) is 3.07. The smallest absolute Gasteiger partial charge is 0.277 e. The maximum absolute atomic E-state index is 12.0. The number of fused-ring (bicyclic) bond motifs is 2. The Morgan fingerprint density at radius 3 is 2.18 bits per heavy atom. The van der Waals surface area contributed by atoms with Crippen molar-refractivity contribution in [1.29, 1.82) is 0 Å². The number of nitrogens with zero attached hydrogens (tertiary/aromatic N) is 1. The van der Waals surface area contributed by atoms with Crippen LogP contribution in [0.3, 0.4) is 0 Å². The van der Waals surface area contributed by atoms with Gasteiger partial charge in [-0.3, -0.25) is 4.79 Å². The summed E-state index contributed by atoms with van der Waals surface area (Å²) in [5, 5.41) is 8.60. The van der Waals surface area contributed by atoms with E-state index in [-0.39, 0.29) is 12.5 Å². The van der Waals surface area contributed by atoms with E-state index in [1.165, 1.54) is 0 Å². The summed E-state index contributed by atoms with van der Waals surface area (Å²) in [7, 11) is 0. The third-order valence-corrected chi connectivity index (χ3v) is 4.91. The van der Waals surface area contributed by atoms with E-state index in [1.54, 1.807) is 18.3 Å². The van der Waals surface area contributed by atoms with E-state index in [0.29, 0.717) is 5.75 Å². The number of rotatable bonds is 5. The number of amides is 1. The average molecular weight is 433 g/mol. The van der Waals surface area contributed by atoms with Crippen molar-refractivity contribution in [2.24, 2.45) is 5.10 Å². The van der Waals surface area contributed by atoms with Crippen LogP contribution in [0.25, 0.3) is 21.5 Å². The normalized spacial score (nSPS) is 11.2. The maximum atomic E-state index is 12.0. The first-order valence-electron chi connectivity index (χ1n) is 8.81. The fourth-order valence-corrected chi connectivity index (χ4v) is 3.33. The van der Waals surface area contributed by atoms with Crippen LogP contribution in [0.15, 0.2) is 88.4 Å². The molecule has 4 rings (SSSR count). The molecule has 0 saturated heterocycles. The minimum Gasteiger partial charge on any atom is -0.484 e. The molecule has 4 aromatic rings. The van der Waals surface area contributed by atoms with Crippen LogP contribution in [0.5, 0.6) is 5.75 Å². The molecule has 4 nitrogen and oxygen atoms in total. The second-order valence-corrected chi connectivity index (χ2v) is 7.18. The van der Waals surface area contributed by atoms with Crippen molar-refractivity contribution < 1.29 is 9.53 Å². The van der Waals surface area contributed by atoms with Gasteiger partial charge in [0.05, 0.1) is 6.21 Å². The molecule has 138 valence electrons. The fraction of sp³-hybridized carbons (Fsp3) is 0.0435. The first kappa shape index (κ1) is 18.2. The van der Waals surface area contributed by atoms with Gasteiger partial charge < -0.3 is 4.74 Å². The van der Waals surface area contributed by atoms with E-state index in [1.807, 2.05) is 36.4 Å². The van der Waals surface area contributed by atoms with Crippen LogP contribution in [-0.2, 0) is 4.79 Å². The zero-order valence-corrected chi connectivity index (χ0v) is 16.5. The van der Waals surface area contributed by atoms with Crippen LogP contribution in [0.2, 0.25) is 0 Å². The topological polar surface area (TPSA) is 50.7 Å². The van der Waals surface area contributed by atoms with Gasteiger partial charge in [-0.1, -0.05) is 64.5 Å². The van der Waals surface area contributed by atoms with Gasteiger partial charge in [0.25, 0.3) is 5.91 Å². The highest BCUT2D eigenvalue weighted by Crippen LogP contribution is 2.27. The lowest BCUT2D eigenvalue weighted by molar-refractivity contribution is -0.123. The SMILES string of the molecule is O=C(COc1ccc(Br)cc1)N/N=C\c1c2ccccc2cc2ccccc12. The van der Waals surface area contributed by atoms with Gasteiger partial charge in [0, 0.05) is 10.0 Å². The summed E-state index contributed by atoms with van der Waals surface area (Å²) in [6.07, 6.45) is 1.70. The van der Waals surface area contributed by atoms with Gasteiger partial charge >= 0.3 is 0 Å². The monoisotopic (exact) mass is 432 g/mol. The van der Waals surface area contributed by atoms with Gasteiger partial charge in [-0.15, -0.1) is 0 Å². The molecule has 1 amide bonds. The number of hydrogen-bond acceptors (Lipinski definition) is 3. The van der Waals surface area contributed by atoms with Crippen molar-refractivity contribution >= 4 is 49.6 Å². The molecule has 1 N–H and O–H groups in total. The lowest BCUT2D eigenvalue weighted by atomic mass is 9.97. The molecular formula is C23H17BrN2O2. The second kappa shape index (κ2) is 8.23. The Morgan fingerprint density at radius 1 is 0.929 bits per heavy atom. The summed E-state index contributed by atoms with van der Waals surface area (Å²) in [6.45, 7) is -0.102. The summed E-state index contributed by atoms with van der Waals surface area (Å²) >= 11 is 3.36. The summed E-state index contributed by atoms with van der Waals surface area (Å²) < 4.78 is 6.41.